The van der Waals surface area contributed by atoms with Crippen molar-refractivity contribution in [3.05, 3.63) is 70.8 Å². The first-order chi connectivity index (χ1) is 10.3. The van der Waals surface area contributed by atoms with E-state index in [2.05, 4.69) is 60.8 Å². The van der Waals surface area contributed by atoms with Crippen molar-refractivity contribution in [2.75, 3.05) is 6.54 Å². The molecule has 110 valence electrons. The molecule has 2 aromatic rings. The topological polar surface area (TPSA) is 12.0 Å². The van der Waals surface area contributed by atoms with E-state index in [0.29, 0.717) is 6.04 Å². The van der Waals surface area contributed by atoms with Crippen LogP contribution >= 0.6 is 0 Å². The smallest absolute Gasteiger partial charge is 0.0323 e. The number of hydrogen-bond acceptors (Lipinski definition) is 1. The van der Waals surface area contributed by atoms with Crippen LogP contribution in [0.3, 0.4) is 0 Å². The predicted molar refractivity (Wildman–Crippen MR) is 89.6 cm³/mol. The lowest BCUT2D eigenvalue weighted by Gasteiger charge is -2.19. The molecule has 0 saturated heterocycles. The number of rotatable bonds is 4. The van der Waals surface area contributed by atoms with Crippen molar-refractivity contribution < 1.29 is 0 Å². The molecular weight excluding hydrogens is 254 g/mol. The summed E-state index contributed by atoms with van der Waals surface area (Å²) in [4.78, 5) is 0. The molecule has 3 rings (SSSR count). The SMILES string of the molecule is Cc1cccc(CCNC2CCCCc3ccccc32)c1. The van der Waals surface area contributed by atoms with Gasteiger partial charge in [-0.3, -0.25) is 0 Å². The first-order valence-electron chi connectivity index (χ1n) is 8.19. The molecule has 1 unspecified atom stereocenters. The van der Waals surface area contributed by atoms with E-state index in [1.165, 1.54) is 42.4 Å². The minimum absolute atomic E-state index is 0.536. The summed E-state index contributed by atoms with van der Waals surface area (Å²) in [5.41, 5.74) is 5.86. The number of benzene rings is 2. The van der Waals surface area contributed by atoms with Gasteiger partial charge in [0.05, 0.1) is 0 Å². The Bertz CT molecular complexity index is 588. The maximum Gasteiger partial charge on any atom is 0.0323 e. The van der Waals surface area contributed by atoms with Gasteiger partial charge in [0.15, 0.2) is 0 Å². The molecule has 0 radical (unpaired) electrons. The second-order valence-electron chi connectivity index (χ2n) is 6.19. The molecule has 1 atom stereocenters. The van der Waals surface area contributed by atoms with Crippen LogP contribution in [-0.2, 0) is 12.8 Å². The van der Waals surface area contributed by atoms with E-state index in [1.54, 1.807) is 5.56 Å². The van der Waals surface area contributed by atoms with E-state index in [4.69, 9.17) is 0 Å². The minimum atomic E-state index is 0.536. The third-order valence-corrected chi connectivity index (χ3v) is 4.51. The molecule has 1 aliphatic carbocycles. The lowest BCUT2D eigenvalue weighted by atomic mass is 9.99. The van der Waals surface area contributed by atoms with E-state index in [0.717, 1.165) is 13.0 Å². The highest BCUT2D eigenvalue weighted by atomic mass is 14.9. The van der Waals surface area contributed by atoms with Crippen LogP contribution < -0.4 is 5.32 Å². The van der Waals surface area contributed by atoms with Crippen molar-refractivity contribution in [1.82, 2.24) is 5.32 Å². The number of nitrogens with one attached hydrogen (secondary N) is 1. The van der Waals surface area contributed by atoms with Crippen LogP contribution in [0.25, 0.3) is 0 Å². The molecule has 21 heavy (non-hydrogen) atoms. The highest BCUT2D eigenvalue weighted by molar-refractivity contribution is 5.31. The Morgan fingerprint density at radius 1 is 1.05 bits per heavy atom. The second-order valence-corrected chi connectivity index (χ2v) is 6.19. The predicted octanol–water partition coefficient (Wildman–Crippen LogP) is 4.59. The number of hydrogen-bond donors (Lipinski definition) is 1. The minimum Gasteiger partial charge on any atom is -0.310 e. The Morgan fingerprint density at radius 3 is 2.86 bits per heavy atom. The molecule has 0 aliphatic heterocycles. The summed E-state index contributed by atoms with van der Waals surface area (Å²) < 4.78 is 0. The van der Waals surface area contributed by atoms with Gasteiger partial charge in [-0.05, 0) is 55.8 Å². The normalized spacial score (nSPS) is 18.0. The highest BCUT2D eigenvalue weighted by Crippen LogP contribution is 2.28. The van der Waals surface area contributed by atoms with E-state index < -0.39 is 0 Å². The lowest BCUT2D eigenvalue weighted by Crippen LogP contribution is -2.24. The van der Waals surface area contributed by atoms with Crippen LogP contribution in [0.2, 0.25) is 0 Å². The molecule has 0 saturated carbocycles. The van der Waals surface area contributed by atoms with Gasteiger partial charge in [0, 0.05) is 6.04 Å². The maximum absolute atomic E-state index is 3.79. The Morgan fingerprint density at radius 2 is 1.95 bits per heavy atom. The van der Waals surface area contributed by atoms with E-state index in [1.807, 2.05) is 0 Å². The van der Waals surface area contributed by atoms with Crippen molar-refractivity contribution in [2.24, 2.45) is 0 Å². The molecule has 1 heteroatoms. The number of aryl methyl sites for hydroxylation is 2. The molecule has 0 bridgehead atoms. The summed E-state index contributed by atoms with van der Waals surface area (Å²) in [6.45, 7) is 3.22. The summed E-state index contributed by atoms with van der Waals surface area (Å²) in [5.74, 6) is 0. The van der Waals surface area contributed by atoms with Gasteiger partial charge in [-0.15, -0.1) is 0 Å². The second kappa shape index (κ2) is 6.91. The Labute approximate surface area is 128 Å². The molecule has 0 heterocycles. The zero-order chi connectivity index (χ0) is 14.5. The Hall–Kier alpha value is -1.60. The van der Waals surface area contributed by atoms with Crippen LogP contribution in [0.1, 0.15) is 47.6 Å². The van der Waals surface area contributed by atoms with Gasteiger partial charge in [-0.1, -0.05) is 60.5 Å². The average molecular weight is 279 g/mol. The molecule has 2 aromatic carbocycles. The number of fused-ring (bicyclic) bond motifs is 1. The zero-order valence-corrected chi connectivity index (χ0v) is 12.9. The fourth-order valence-corrected chi connectivity index (χ4v) is 3.39. The summed E-state index contributed by atoms with van der Waals surface area (Å²) in [6, 6.07) is 18.4. The molecule has 0 fully saturated rings. The van der Waals surface area contributed by atoms with Crippen LogP contribution in [0.5, 0.6) is 0 Å². The largest absolute Gasteiger partial charge is 0.310 e. The van der Waals surface area contributed by atoms with E-state index >= 15 is 0 Å². The molecule has 1 nitrogen and oxygen atoms in total. The van der Waals surface area contributed by atoms with Gasteiger partial charge in [-0.25, -0.2) is 0 Å². The molecular formula is C20H25N. The lowest BCUT2D eigenvalue weighted by molar-refractivity contribution is 0.493. The standard InChI is InChI=1S/C20H25N/c1-16-7-6-8-17(15-16)13-14-21-20-12-5-3-10-18-9-2-4-11-19(18)20/h2,4,6-9,11,15,20-21H,3,5,10,12-14H2,1H3. The molecule has 1 aliphatic rings. The van der Waals surface area contributed by atoms with Gasteiger partial charge in [0.25, 0.3) is 0 Å². The molecule has 0 aromatic heterocycles. The quantitative estimate of drug-likeness (QED) is 0.807. The van der Waals surface area contributed by atoms with Crippen molar-refractivity contribution in [3.63, 3.8) is 0 Å². The van der Waals surface area contributed by atoms with E-state index in [9.17, 15) is 0 Å². The zero-order valence-electron chi connectivity index (χ0n) is 12.9. The Kier molecular flexibility index (Phi) is 4.72. The fraction of sp³-hybridized carbons (Fsp3) is 0.400. The average Bonchev–Trinajstić information content (AvgIpc) is 2.70. The van der Waals surface area contributed by atoms with Crippen LogP contribution in [0.4, 0.5) is 0 Å². The van der Waals surface area contributed by atoms with Crippen molar-refractivity contribution >= 4 is 0 Å². The van der Waals surface area contributed by atoms with Crippen molar-refractivity contribution in [2.45, 2.75) is 45.1 Å². The maximum atomic E-state index is 3.79. The van der Waals surface area contributed by atoms with Crippen LogP contribution in [-0.4, -0.2) is 6.54 Å². The van der Waals surface area contributed by atoms with Crippen LogP contribution in [0, 0.1) is 6.92 Å². The van der Waals surface area contributed by atoms with Gasteiger partial charge >= 0.3 is 0 Å². The fourth-order valence-electron chi connectivity index (χ4n) is 3.39. The first-order valence-corrected chi connectivity index (χ1v) is 8.19. The monoisotopic (exact) mass is 279 g/mol. The van der Waals surface area contributed by atoms with Crippen molar-refractivity contribution in [3.8, 4) is 0 Å². The van der Waals surface area contributed by atoms with E-state index in [-0.39, 0.29) is 0 Å². The van der Waals surface area contributed by atoms with Gasteiger partial charge in [-0.2, -0.15) is 0 Å². The highest BCUT2D eigenvalue weighted by Gasteiger charge is 2.17. The van der Waals surface area contributed by atoms with Crippen molar-refractivity contribution in [1.29, 1.82) is 0 Å². The summed E-state index contributed by atoms with van der Waals surface area (Å²) in [5, 5.41) is 3.79. The third-order valence-electron chi connectivity index (χ3n) is 4.51. The first kappa shape index (κ1) is 14.3. The Balaban J connectivity index is 1.62. The molecule has 0 amide bonds. The van der Waals surface area contributed by atoms with Crippen LogP contribution in [0.15, 0.2) is 48.5 Å². The third kappa shape index (κ3) is 3.74. The summed E-state index contributed by atoms with van der Waals surface area (Å²) >= 11 is 0. The van der Waals surface area contributed by atoms with Gasteiger partial charge < -0.3 is 5.32 Å². The summed E-state index contributed by atoms with van der Waals surface area (Å²) in [7, 11) is 0. The van der Waals surface area contributed by atoms with Gasteiger partial charge in [0.2, 0.25) is 0 Å². The summed E-state index contributed by atoms with van der Waals surface area (Å²) in [6.07, 6.45) is 6.28. The molecule has 0 spiro atoms. The molecule has 1 N–H and O–H groups in total. The van der Waals surface area contributed by atoms with Gasteiger partial charge in [0.1, 0.15) is 0 Å².